The first-order chi connectivity index (χ1) is 19.8. The summed E-state index contributed by atoms with van der Waals surface area (Å²) >= 11 is 35.3. The molecule has 0 unspecified atom stereocenters. The van der Waals surface area contributed by atoms with E-state index in [-0.39, 0.29) is 5.75 Å². The van der Waals surface area contributed by atoms with Gasteiger partial charge in [-0.25, -0.2) is 28.8 Å². The van der Waals surface area contributed by atoms with Crippen molar-refractivity contribution in [2.24, 2.45) is 0 Å². The van der Waals surface area contributed by atoms with Gasteiger partial charge in [0.2, 0.25) is 0 Å². The van der Waals surface area contributed by atoms with Gasteiger partial charge in [0.25, 0.3) is 0 Å². The molecular weight excluding hydrogens is 705 g/mol. The summed E-state index contributed by atoms with van der Waals surface area (Å²) in [7, 11) is 0. The van der Waals surface area contributed by atoms with Crippen LogP contribution in [0.15, 0.2) is 24.3 Å². The molecule has 0 aliphatic heterocycles. The standard InChI is InChI=1S/C19H12O12.C6H6Cl6/c1-6-2-4-7(5-3-6)31-19(30)13-11(17(26)27)9(15(22)23)8(14(20)21)10(16(24)25)12(13)18(28)29;7-1-2(8)4(10)6(12)5(11)3(1)9/h2-5H,1H3,(H,20,21)(H,22,23)(H,24,25)(H,26,27)(H,28,29);1-6H/t;1-,2-,3-,4+,5+,6+. The quantitative estimate of drug-likeness (QED) is 0.139. The molecule has 2 aromatic rings. The highest BCUT2D eigenvalue weighted by atomic mass is 35.5. The number of hydrogen-bond acceptors (Lipinski definition) is 7. The average Bonchev–Trinajstić information content (AvgIpc) is 2.93. The summed E-state index contributed by atoms with van der Waals surface area (Å²) in [6.45, 7) is 1.69. The fraction of sp³-hybridized carbons (Fsp3) is 0.280. The number of aromatic carboxylic acids is 5. The minimum absolute atomic E-state index is 0.195. The van der Waals surface area contributed by atoms with Crippen LogP contribution < -0.4 is 4.74 Å². The SMILES string of the molecule is Cc1ccc(OC(=O)c2c(C(=O)O)c(C(=O)O)c(C(=O)O)c(C(=O)O)c2C(=O)O)cc1.Cl[C@H]1[C@H](Cl)[C@@H](Cl)[C@@H](Cl)[C@H](Cl)[C@H]1Cl. The number of carbonyl (C=O) groups excluding carboxylic acids is 1. The van der Waals surface area contributed by atoms with E-state index >= 15 is 0 Å². The lowest BCUT2D eigenvalue weighted by molar-refractivity contribution is 0.0597. The summed E-state index contributed by atoms with van der Waals surface area (Å²) in [4.78, 5) is 71.1. The van der Waals surface area contributed by atoms with E-state index in [1.165, 1.54) is 24.3 Å². The van der Waals surface area contributed by atoms with Crippen molar-refractivity contribution in [1.82, 2.24) is 0 Å². The first kappa shape index (κ1) is 36.2. The van der Waals surface area contributed by atoms with E-state index in [9.17, 15) is 54.3 Å². The Labute approximate surface area is 271 Å². The number of esters is 1. The highest BCUT2D eigenvalue weighted by Gasteiger charge is 2.47. The maximum absolute atomic E-state index is 12.7. The van der Waals surface area contributed by atoms with Crippen molar-refractivity contribution < 1.29 is 59.0 Å². The highest BCUT2D eigenvalue weighted by Crippen LogP contribution is 2.40. The molecule has 0 heterocycles. The zero-order chi connectivity index (χ0) is 33.1. The van der Waals surface area contributed by atoms with Crippen LogP contribution in [0.5, 0.6) is 5.75 Å². The first-order valence-corrected chi connectivity index (χ1v) is 14.0. The Morgan fingerprint density at radius 2 is 0.721 bits per heavy atom. The van der Waals surface area contributed by atoms with Gasteiger partial charge < -0.3 is 30.3 Å². The van der Waals surface area contributed by atoms with Gasteiger partial charge in [-0.05, 0) is 19.1 Å². The monoisotopic (exact) mass is 720 g/mol. The van der Waals surface area contributed by atoms with E-state index in [4.69, 9.17) is 74.3 Å². The second-order valence-corrected chi connectivity index (χ2v) is 11.7. The minimum Gasteiger partial charge on any atom is -0.478 e. The number of benzene rings is 2. The molecule has 232 valence electrons. The molecule has 1 aliphatic carbocycles. The molecule has 0 atom stereocenters. The Hall–Kier alpha value is -3.00. The molecule has 0 saturated heterocycles. The molecule has 0 amide bonds. The number of hydrogen-bond donors (Lipinski definition) is 5. The van der Waals surface area contributed by atoms with Gasteiger partial charge in [0, 0.05) is 0 Å². The maximum atomic E-state index is 12.7. The summed E-state index contributed by atoms with van der Waals surface area (Å²) < 4.78 is 4.91. The summed E-state index contributed by atoms with van der Waals surface area (Å²) in [6.07, 6.45) is 0. The molecule has 0 radical (unpaired) electrons. The van der Waals surface area contributed by atoms with Crippen molar-refractivity contribution in [3.8, 4) is 5.75 Å². The Balaban J connectivity index is 0.000000448. The van der Waals surface area contributed by atoms with Gasteiger partial charge in [-0.3, -0.25) is 0 Å². The van der Waals surface area contributed by atoms with Gasteiger partial charge in [-0.2, -0.15) is 0 Å². The summed E-state index contributed by atoms with van der Waals surface area (Å²) in [5.41, 5.74) is -8.54. The molecule has 0 aromatic heterocycles. The summed E-state index contributed by atoms with van der Waals surface area (Å²) in [6, 6.07) is 5.49. The van der Waals surface area contributed by atoms with Crippen LogP contribution >= 0.6 is 69.6 Å². The van der Waals surface area contributed by atoms with E-state index in [1.807, 2.05) is 0 Å². The number of rotatable bonds is 7. The van der Waals surface area contributed by atoms with E-state index in [2.05, 4.69) is 0 Å². The van der Waals surface area contributed by atoms with Crippen LogP contribution in [0.25, 0.3) is 0 Å². The maximum Gasteiger partial charge on any atom is 0.345 e. The van der Waals surface area contributed by atoms with Gasteiger partial charge in [-0.1, -0.05) is 17.7 Å². The van der Waals surface area contributed by atoms with Crippen LogP contribution in [0.1, 0.15) is 67.7 Å². The number of aryl methyl sites for hydroxylation is 1. The summed E-state index contributed by atoms with van der Waals surface area (Å²) in [5, 5.41) is 44.4. The number of carboxylic acids is 5. The molecule has 18 heteroatoms. The molecule has 5 N–H and O–H groups in total. The van der Waals surface area contributed by atoms with Crippen LogP contribution in [-0.4, -0.2) is 93.6 Å². The molecule has 1 aliphatic rings. The van der Waals surface area contributed by atoms with Gasteiger partial charge in [0.15, 0.2) is 0 Å². The molecule has 1 fully saturated rings. The third kappa shape index (κ3) is 7.75. The van der Waals surface area contributed by atoms with E-state index < -0.39 is 101 Å². The largest absolute Gasteiger partial charge is 0.478 e. The molecule has 2 aromatic carbocycles. The molecule has 12 nitrogen and oxygen atoms in total. The fourth-order valence-electron chi connectivity index (χ4n) is 3.84. The Morgan fingerprint density at radius 1 is 0.488 bits per heavy atom. The third-order valence-corrected chi connectivity index (χ3v) is 9.86. The lowest BCUT2D eigenvalue weighted by atomic mass is 9.86. The lowest BCUT2D eigenvalue weighted by Crippen LogP contribution is -2.52. The number of alkyl halides is 6. The number of carboxylic acid groups (broad SMARTS) is 5. The number of ether oxygens (including phenoxy) is 1. The molecule has 0 spiro atoms. The second kappa shape index (κ2) is 14.7. The average molecular weight is 723 g/mol. The van der Waals surface area contributed by atoms with Crippen molar-refractivity contribution in [2.45, 2.75) is 39.2 Å². The normalized spacial score (nSPS) is 22.9. The molecule has 0 bridgehead atoms. The second-order valence-electron chi connectivity index (χ2n) is 8.64. The van der Waals surface area contributed by atoms with Gasteiger partial charge in [0.05, 0.1) is 65.6 Å². The first-order valence-electron chi connectivity index (χ1n) is 11.4. The van der Waals surface area contributed by atoms with Gasteiger partial charge in [0.1, 0.15) is 5.75 Å². The lowest BCUT2D eigenvalue weighted by Gasteiger charge is -2.37. The predicted molar refractivity (Wildman–Crippen MR) is 155 cm³/mol. The van der Waals surface area contributed by atoms with Gasteiger partial charge >= 0.3 is 35.8 Å². The zero-order valence-corrected chi connectivity index (χ0v) is 25.7. The minimum atomic E-state index is -2.22. The van der Waals surface area contributed by atoms with Crippen LogP contribution in [0.2, 0.25) is 0 Å². The molecule has 1 saturated carbocycles. The van der Waals surface area contributed by atoms with Crippen molar-refractivity contribution in [2.75, 3.05) is 0 Å². The molecular formula is C25H18Cl6O12. The smallest absolute Gasteiger partial charge is 0.345 e. The fourth-order valence-corrected chi connectivity index (χ4v) is 6.17. The van der Waals surface area contributed by atoms with Crippen LogP contribution in [0.3, 0.4) is 0 Å². The van der Waals surface area contributed by atoms with E-state index in [0.29, 0.717) is 0 Å². The van der Waals surface area contributed by atoms with Crippen LogP contribution in [0, 0.1) is 6.92 Å². The number of halogens is 6. The third-order valence-electron chi connectivity index (χ3n) is 5.83. The summed E-state index contributed by atoms with van der Waals surface area (Å²) in [5.74, 6) is -12.9. The van der Waals surface area contributed by atoms with Crippen LogP contribution in [0.4, 0.5) is 0 Å². The van der Waals surface area contributed by atoms with Crippen molar-refractivity contribution in [1.29, 1.82) is 0 Å². The van der Waals surface area contributed by atoms with Crippen molar-refractivity contribution in [3.63, 3.8) is 0 Å². The Bertz CT molecular complexity index is 1370. The zero-order valence-electron chi connectivity index (χ0n) is 21.1. The van der Waals surface area contributed by atoms with E-state index in [1.54, 1.807) is 6.92 Å². The number of carbonyl (C=O) groups is 6. The van der Waals surface area contributed by atoms with E-state index in [0.717, 1.165) is 5.56 Å². The van der Waals surface area contributed by atoms with Crippen LogP contribution in [-0.2, 0) is 0 Å². The Kier molecular flexibility index (Phi) is 12.3. The molecule has 3 rings (SSSR count). The molecule has 43 heavy (non-hydrogen) atoms. The predicted octanol–water partition coefficient (Wildman–Crippen LogP) is 5.35. The van der Waals surface area contributed by atoms with Crippen molar-refractivity contribution in [3.05, 3.63) is 63.2 Å². The topological polar surface area (TPSA) is 213 Å². The highest BCUT2D eigenvalue weighted by molar-refractivity contribution is 6.45. The van der Waals surface area contributed by atoms with Crippen molar-refractivity contribution >= 4 is 105 Å². The Morgan fingerprint density at radius 3 is 0.953 bits per heavy atom. The van der Waals surface area contributed by atoms with Gasteiger partial charge in [-0.15, -0.1) is 69.6 Å².